The van der Waals surface area contributed by atoms with E-state index < -0.39 is 65.6 Å². The molecule has 6 rings (SSSR count). The van der Waals surface area contributed by atoms with Gasteiger partial charge in [-0.2, -0.15) is 0 Å². The Balaban J connectivity index is 1.19. The van der Waals surface area contributed by atoms with E-state index in [0.717, 1.165) is 25.3 Å². The maximum absolute atomic E-state index is 12.8. The van der Waals surface area contributed by atoms with Crippen LogP contribution in [0.2, 0.25) is 0 Å². The van der Waals surface area contributed by atoms with Crippen LogP contribution in [0.4, 0.5) is 5.69 Å². The zero-order chi connectivity index (χ0) is 30.4. The van der Waals surface area contributed by atoms with E-state index in [9.17, 15) is 29.8 Å². The van der Waals surface area contributed by atoms with Crippen molar-refractivity contribution in [3.63, 3.8) is 0 Å². The van der Waals surface area contributed by atoms with Gasteiger partial charge in [0.05, 0.1) is 12.1 Å². The van der Waals surface area contributed by atoms with Gasteiger partial charge in [-0.25, -0.2) is 14.6 Å². The van der Waals surface area contributed by atoms with Crippen LogP contribution in [-0.4, -0.2) is 63.3 Å². The van der Waals surface area contributed by atoms with Crippen molar-refractivity contribution in [1.82, 2.24) is 5.32 Å². The summed E-state index contributed by atoms with van der Waals surface area (Å²) in [5.74, 6) is -3.85. The molecule has 1 aromatic carbocycles. The summed E-state index contributed by atoms with van der Waals surface area (Å²) in [5, 5.41) is 42.1. The molecule has 1 aliphatic carbocycles. The Morgan fingerprint density at radius 2 is 1.93 bits per heavy atom. The molecule has 4 aliphatic heterocycles. The lowest BCUT2D eigenvalue weighted by Gasteiger charge is -2.59. The molecular formula is C28H37N2O12-. The first-order chi connectivity index (χ1) is 19.8. The molecule has 14 heteroatoms. The van der Waals surface area contributed by atoms with Gasteiger partial charge in [0, 0.05) is 24.7 Å². The number of benzene rings is 1. The lowest BCUT2D eigenvalue weighted by Crippen LogP contribution is -2.70. The van der Waals surface area contributed by atoms with Crippen molar-refractivity contribution in [3.05, 3.63) is 35.0 Å². The number of anilines is 1. The van der Waals surface area contributed by atoms with Crippen LogP contribution in [0.15, 0.2) is 24.3 Å². The third kappa shape index (κ3) is 5.60. The average molecular weight is 594 g/mol. The number of aliphatic hydroxyl groups excluding tert-OH is 1. The van der Waals surface area contributed by atoms with E-state index in [1.54, 1.807) is 6.92 Å². The minimum absolute atomic E-state index is 0.0206. The van der Waals surface area contributed by atoms with Gasteiger partial charge in [0.1, 0.15) is 6.10 Å². The van der Waals surface area contributed by atoms with Crippen molar-refractivity contribution in [1.29, 1.82) is 0 Å². The van der Waals surface area contributed by atoms with Crippen LogP contribution in [0.25, 0.3) is 0 Å². The lowest BCUT2D eigenvalue weighted by molar-refractivity contribution is -0.576. The second-order valence-electron chi connectivity index (χ2n) is 12.0. The van der Waals surface area contributed by atoms with Gasteiger partial charge in [-0.05, 0) is 55.7 Å². The Morgan fingerprint density at radius 1 is 1.17 bits per heavy atom. The molecule has 1 amide bonds. The highest BCUT2D eigenvalue weighted by Gasteiger charge is 2.69. The van der Waals surface area contributed by atoms with E-state index in [0.29, 0.717) is 12.3 Å². The molecule has 1 saturated carbocycles. The molecule has 2 bridgehead atoms. The van der Waals surface area contributed by atoms with Crippen LogP contribution in [0.1, 0.15) is 71.0 Å². The SMILES string of the molecule is C[C@H]1[C@H](OC(=O)CCC(=O)N[C@@H](C(=O)O)[C@H](O)c2cccc(N([O-])O)c2)O[C@H]2O[C@@]3(C)CC[C@H]4[C@@H](C)CC[C@H]1[C@]24OO3. The predicted octanol–water partition coefficient (Wildman–Crippen LogP) is 2.51. The van der Waals surface area contributed by atoms with Gasteiger partial charge in [0.25, 0.3) is 0 Å². The van der Waals surface area contributed by atoms with Crippen molar-refractivity contribution in [2.24, 2.45) is 23.7 Å². The molecule has 0 unspecified atom stereocenters. The number of esters is 1. The lowest BCUT2D eigenvalue weighted by atomic mass is 9.58. The first-order valence-electron chi connectivity index (χ1n) is 14.2. The number of nitrogens with zero attached hydrogens (tertiary/aromatic N) is 1. The molecule has 4 N–H and O–H groups in total. The first-order valence-corrected chi connectivity index (χ1v) is 14.2. The van der Waals surface area contributed by atoms with Gasteiger partial charge >= 0.3 is 11.9 Å². The number of rotatable bonds is 9. The molecule has 4 heterocycles. The predicted molar refractivity (Wildman–Crippen MR) is 141 cm³/mol. The number of hydrogen-bond donors (Lipinski definition) is 4. The van der Waals surface area contributed by atoms with Crippen molar-refractivity contribution in [2.45, 2.75) is 95.4 Å². The molecule has 1 aromatic rings. The highest BCUT2D eigenvalue weighted by atomic mass is 17.3. The molecule has 232 valence electrons. The molecule has 0 radical (unpaired) electrons. The first kappa shape index (κ1) is 30.6. The van der Waals surface area contributed by atoms with E-state index in [1.165, 1.54) is 18.2 Å². The quantitative estimate of drug-likeness (QED) is 0.185. The Labute approximate surface area is 242 Å². The zero-order valence-electron chi connectivity index (χ0n) is 23.6. The summed E-state index contributed by atoms with van der Waals surface area (Å²) in [4.78, 5) is 49.0. The summed E-state index contributed by atoms with van der Waals surface area (Å²) in [5.41, 5.74) is -1.07. The van der Waals surface area contributed by atoms with Crippen molar-refractivity contribution < 1.29 is 53.8 Å². The molecule has 0 aromatic heterocycles. The van der Waals surface area contributed by atoms with Crippen LogP contribution < -0.4 is 10.5 Å². The van der Waals surface area contributed by atoms with E-state index in [4.69, 9.17) is 29.2 Å². The standard InChI is InChI=1S/C28H37N2O12/c1-14-7-8-19-15(2)25(39-26-28(19)18(14)11-12-27(3,40-26)41-42-28)38-21(32)10-9-20(31)29-22(24(34)35)23(33)16-5-4-6-17(13-16)30(36)37/h4-6,13-15,18-19,22-23,25-26,33,36H,7-12H2,1-3H3,(H,29,31)(H,34,35)/q-1/t14-,15+,18-,19+,22+,23+,25+,26-,27+,28-/m0/s1. The van der Waals surface area contributed by atoms with E-state index >= 15 is 0 Å². The number of hydrogen-bond acceptors (Lipinski definition) is 12. The third-order valence-electron chi connectivity index (χ3n) is 9.23. The summed E-state index contributed by atoms with van der Waals surface area (Å²) < 4.78 is 18.1. The second-order valence-corrected chi connectivity index (χ2v) is 12.0. The minimum Gasteiger partial charge on any atom is -0.733 e. The van der Waals surface area contributed by atoms with Gasteiger partial charge in [-0.3, -0.25) is 14.8 Å². The Morgan fingerprint density at radius 3 is 2.64 bits per heavy atom. The van der Waals surface area contributed by atoms with Crippen molar-refractivity contribution in [3.8, 4) is 0 Å². The highest BCUT2D eigenvalue weighted by molar-refractivity contribution is 5.86. The second kappa shape index (κ2) is 11.7. The number of aliphatic hydroxyl groups is 1. The van der Waals surface area contributed by atoms with Gasteiger partial charge in [-0.1, -0.05) is 26.0 Å². The zero-order valence-corrected chi connectivity index (χ0v) is 23.6. The fraction of sp³-hybridized carbons (Fsp3) is 0.679. The highest BCUT2D eigenvalue weighted by Crippen LogP contribution is 2.60. The normalized spacial score (nSPS) is 36.6. The van der Waals surface area contributed by atoms with E-state index in [1.807, 2.05) is 6.92 Å². The van der Waals surface area contributed by atoms with Gasteiger partial charge in [0.2, 0.25) is 18.0 Å². The number of fused-ring (bicyclic) bond motifs is 2. The number of carboxylic acid groups (broad SMARTS) is 1. The van der Waals surface area contributed by atoms with Crippen LogP contribution in [0, 0.1) is 28.9 Å². The van der Waals surface area contributed by atoms with E-state index in [-0.39, 0.29) is 35.4 Å². The molecule has 42 heavy (non-hydrogen) atoms. The number of nitrogens with one attached hydrogen (secondary N) is 1. The fourth-order valence-electron chi connectivity index (χ4n) is 6.95. The topological polar surface area (TPSA) is 196 Å². The largest absolute Gasteiger partial charge is 0.733 e. The van der Waals surface area contributed by atoms with Crippen LogP contribution in [-0.2, 0) is 38.4 Å². The van der Waals surface area contributed by atoms with Crippen LogP contribution in [0.5, 0.6) is 0 Å². The number of aliphatic carboxylic acids is 1. The number of carbonyl (C=O) groups is 3. The third-order valence-corrected chi connectivity index (χ3v) is 9.23. The van der Waals surface area contributed by atoms with Gasteiger partial charge < -0.3 is 40.2 Å². The molecule has 10 atom stereocenters. The molecule has 14 nitrogen and oxygen atoms in total. The fourth-order valence-corrected chi connectivity index (χ4v) is 6.95. The smallest absolute Gasteiger partial charge is 0.329 e. The monoisotopic (exact) mass is 593 g/mol. The summed E-state index contributed by atoms with van der Waals surface area (Å²) in [6.07, 6.45) is -0.993. The van der Waals surface area contributed by atoms with Crippen LogP contribution >= 0.6 is 0 Å². The number of amides is 1. The Kier molecular flexibility index (Phi) is 8.51. The minimum atomic E-state index is -1.78. The van der Waals surface area contributed by atoms with Gasteiger partial charge in [-0.15, -0.1) is 0 Å². The number of ether oxygens (including phenoxy) is 3. The molecule has 4 saturated heterocycles. The molecule has 5 aliphatic rings. The number of carbonyl (C=O) groups excluding carboxylic acids is 2. The number of carboxylic acids is 1. The average Bonchev–Trinajstić information content (AvgIpc) is 3.18. The molecule has 5 fully saturated rings. The molecule has 1 spiro atoms. The molecular weight excluding hydrogens is 556 g/mol. The maximum Gasteiger partial charge on any atom is 0.329 e. The van der Waals surface area contributed by atoms with Gasteiger partial charge in [0.15, 0.2) is 17.9 Å². The maximum atomic E-state index is 12.8. The van der Waals surface area contributed by atoms with E-state index in [2.05, 4.69) is 12.2 Å². The summed E-state index contributed by atoms with van der Waals surface area (Å²) >= 11 is 0. The van der Waals surface area contributed by atoms with Crippen molar-refractivity contribution in [2.75, 3.05) is 5.23 Å². The summed E-state index contributed by atoms with van der Waals surface area (Å²) in [6.45, 7) is 5.91. The Bertz CT molecular complexity index is 1200. The van der Waals surface area contributed by atoms with Crippen molar-refractivity contribution >= 4 is 23.5 Å². The van der Waals surface area contributed by atoms with Crippen LogP contribution in [0.3, 0.4) is 0 Å². The summed E-state index contributed by atoms with van der Waals surface area (Å²) in [7, 11) is 0. The summed E-state index contributed by atoms with van der Waals surface area (Å²) in [6, 6.07) is 3.22. The Hall–Kier alpha value is -2.85.